The van der Waals surface area contributed by atoms with Crippen LogP contribution in [0.15, 0.2) is 46.6 Å². The second kappa shape index (κ2) is 8.15. The van der Waals surface area contributed by atoms with Gasteiger partial charge < -0.3 is 20.7 Å². The van der Waals surface area contributed by atoms with Crippen molar-refractivity contribution in [2.75, 3.05) is 18.7 Å². The maximum atomic E-state index is 12.7. The monoisotopic (exact) mass is 415 g/mol. The number of amides is 2. The topological polar surface area (TPSA) is 110 Å². The largest absolute Gasteiger partial charge is 0.358 e. The molecule has 1 aliphatic rings. The molecule has 2 atom stereocenters. The highest BCUT2D eigenvalue weighted by Crippen LogP contribution is 2.25. The summed E-state index contributed by atoms with van der Waals surface area (Å²) in [5.74, 6) is -0.699. The Morgan fingerprint density at radius 3 is 2.93 bits per heavy atom. The van der Waals surface area contributed by atoms with Crippen molar-refractivity contribution in [3.8, 4) is 11.4 Å². The van der Waals surface area contributed by atoms with Crippen LogP contribution in [0.4, 0.5) is 5.13 Å². The van der Waals surface area contributed by atoms with Gasteiger partial charge in [0.1, 0.15) is 24.5 Å². The Labute approximate surface area is 169 Å². The van der Waals surface area contributed by atoms with E-state index in [0.717, 1.165) is 11.3 Å². The molecule has 144 valence electrons. The molecule has 4 rings (SSSR count). The number of pyridine rings is 1. The molecule has 0 bridgehead atoms. The van der Waals surface area contributed by atoms with Crippen LogP contribution in [-0.4, -0.2) is 46.1 Å². The van der Waals surface area contributed by atoms with E-state index in [1.165, 1.54) is 27.6 Å². The first-order chi connectivity index (χ1) is 13.6. The molecule has 1 saturated heterocycles. The molecule has 3 aromatic rings. The number of hydrogen-bond donors (Lipinski definition) is 2. The summed E-state index contributed by atoms with van der Waals surface area (Å²) in [4.78, 5) is 35.4. The highest BCUT2D eigenvalue weighted by atomic mass is 32.1. The second-order valence-corrected chi connectivity index (χ2v) is 7.74. The van der Waals surface area contributed by atoms with Gasteiger partial charge in [0, 0.05) is 11.6 Å². The molecule has 0 radical (unpaired) electrons. The Kier molecular flexibility index (Phi) is 5.44. The van der Waals surface area contributed by atoms with Crippen LogP contribution >= 0.6 is 22.7 Å². The van der Waals surface area contributed by atoms with Crippen LogP contribution in [0.5, 0.6) is 0 Å². The van der Waals surface area contributed by atoms with Gasteiger partial charge in [-0.1, -0.05) is 6.07 Å². The molecule has 1 fully saturated rings. The normalized spacial score (nSPS) is 17.5. The van der Waals surface area contributed by atoms with Crippen molar-refractivity contribution >= 4 is 39.6 Å². The minimum atomic E-state index is -0.820. The van der Waals surface area contributed by atoms with E-state index in [1.807, 2.05) is 34.3 Å². The lowest BCUT2D eigenvalue weighted by atomic mass is 10.1. The number of thiazole rings is 1. The van der Waals surface area contributed by atoms with Gasteiger partial charge in [-0.2, -0.15) is 11.3 Å². The zero-order chi connectivity index (χ0) is 19.5. The molecule has 3 aromatic heterocycles. The van der Waals surface area contributed by atoms with Crippen LogP contribution in [0.3, 0.4) is 0 Å². The van der Waals surface area contributed by atoms with Gasteiger partial charge in [-0.15, -0.1) is 11.3 Å². The zero-order valence-corrected chi connectivity index (χ0v) is 16.3. The third-order valence-electron chi connectivity index (χ3n) is 4.30. The van der Waals surface area contributed by atoms with Crippen LogP contribution in [0.25, 0.3) is 11.4 Å². The molecule has 28 heavy (non-hydrogen) atoms. The molecule has 2 amide bonds. The minimum Gasteiger partial charge on any atom is -0.358 e. The lowest BCUT2D eigenvalue weighted by Gasteiger charge is -2.24. The van der Waals surface area contributed by atoms with Crippen LogP contribution in [0.1, 0.15) is 11.6 Å². The quantitative estimate of drug-likeness (QED) is 0.660. The highest BCUT2D eigenvalue weighted by molar-refractivity contribution is 7.14. The van der Waals surface area contributed by atoms with Gasteiger partial charge in [-0.3, -0.25) is 14.6 Å². The molecule has 1 aliphatic heterocycles. The first-order valence-electron chi connectivity index (χ1n) is 8.47. The van der Waals surface area contributed by atoms with Crippen molar-refractivity contribution in [2.45, 2.75) is 12.1 Å². The molecular weight excluding hydrogens is 398 g/mol. The van der Waals surface area contributed by atoms with Crippen molar-refractivity contribution < 1.29 is 14.3 Å². The summed E-state index contributed by atoms with van der Waals surface area (Å²) < 4.78 is 5.36. The number of hydrogen-bond acceptors (Lipinski definition) is 8. The van der Waals surface area contributed by atoms with Gasteiger partial charge in [-0.25, -0.2) is 4.98 Å². The third-order valence-corrected chi connectivity index (χ3v) is 5.76. The molecular formula is C18H17N5O3S2. The molecule has 0 aromatic carbocycles. The molecule has 8 nitrogen and oxygen atoms in total. The smallest absolute Gasteiger partial charge is 0.251 e. The molecule has 0 unspecified atom stereocenters. The predicted molar refractivity (Wildman–Crippen MR) is 107 cm³/mol. The van der Waals surface area contributed by atoms with Crippen molar-refractivity contribution in [1.29, 1.82) is 0 Å². The fourth-order valence-corrected chi connectivity index (χ4v) is 4.21. The first-order valence-corrected chi connectivity index (χ1v) is 10.3. The summed E-state index contributed by atoms with van der Waals surface area (Å²) in [5, 5.41) is 8.69. The number of nitrogens with one attached hydrogen (secondary N) is 1. The Morgan fingerprint density at radius 2 is 2.18 bits per heavy atom. The first kappa shape index (κ1) is 18.7. The lowest BCUT2D eigenvalue weighted by Crippen LogP contribution is -2.47. The number of carbonyl (C=O) groups excluding carboxylic acids is 2. The number of thiophene rings is 1. The van der Waals surface area contributed by atoms with E-state index in [2.05, 4.69) is 15.3 Å². The maximum Gasteiger partial charge on any atom is 0.251 e. The summed E-state index contributed by atoms with van der Waals surface area (Å²) in [6.07, 6.45) is 1.68. The van der Waals surface area contributed by atoms with Crippen LogP contribution < -0.4 is 11.1 Å². The maximum absolute atomic E-state index is 12.7. The van der Waals surface area contributed by atoms with Crippen LogP contribution in [0.2, 0.25) is 0 Å². The summed E-state index contributed by atoms with van der Waals surface area (Å²) >= 11 is 2.76. The summed E-state index contributed by atoms with van der Waals surface area (Å²) in [5.41, 5.74) is 8.18. The fraction of sp³-hybridized carbons (Fsp3) is 0.222. The van der Waals surface area contributed by atoms with Gasteiger partial charge >= 0.3 is 0 Å². The van der Waals surface area contributed by atoms with E-state index >= 15 is 0 Å². The Morgan fingerprint density at radius 1 is 1.29 bits per heavy atom. The van der Waals surface area contributed by atoms with E-state index < -0.39 is 12.1 Å². The number of carbonyl (C=O) groups is 2. The number of anilines is 1. The van der Waals surface area contributed by atoms with E-state index in [0.29, 0.717) is 10.8 Å². The van der Waals surface area contributed by atoms with Gasteiger partial charge in [0.05, 0.1) is 12.3 Å². The van der Waals surface area contributed by atoms with E-state index in [1.54, 1.807) is 12.3 Å². The number of nitrogens with zero attached hydrogens (tertiary/aromatic N) is 3. The molecule has 10 heteroatoms. The van der Waals surface area contributed by atoms with Gasteiger partial charge in [0.25, 0.3) is 5.91 Å². The molecule has 4 heterocycles. The Hall–Kier alpha value is -2.66. The average Bonchev–Trinajstić information content (AvgIpc) is 3.48. The predicted octanol–water partition coefficient (Wildman–Crippen LogP) is 2.09. The number of aromatic nitrogens is 2. The molecule has 0 spiro atoms. The summed E-state index contributed by atoms with van der Waals surface area (Å²) in [6, 6.07) is 5.77. The number of ether oxygens (including phenoxy) is 1. The van der Waals surface area contributed by atoms with Gasteiger partial charge in [0.2, 0.25) is 5.91 Å². The molecule has 0 aliphatic carbocycles. The van der Waals surface area contributed by atoms with Gasteiger partial charge in [0.15, 0.2) is 5.13 Å². The van der Waals surface area contributed by atoms with E-state index in [9.17, 15) is 9.59 Å². The van der Waals surface area contributed by atoms with Crippen molar-refractivity contribution in [3.63, 3.8) is 0 Å². The van der Waals surface area contributed by atoms with Crippen LogP contribution in [0, 0.1) is 0 Å². The standard InChI is InChI=1S/C18H17N5O3S2/c19-15(11-4-6-27-8-11)17(25)23-10-26-7-14(23)16(24)22-18-21-13(9-28-18)12-3-1-2-5-20-12/h1-6,8-9,14-15H,7,10,19H2,(H,21,22,24)/t14-,15+/m0/s1. The van der Waals surface area contributed by atoms with E-state index in [4.69, 9.17) is 10.5 Å². The van der Waals surface area contributed by atoms with Crippen LogP contribution in [-0.2, 0) is 14.3 Å². The third kappa shape index (κ3) is 3.80. The second-order valence-electron chi connectivity index (χ2n) is 6.10. The molecule has 0 saturated carbocycles. The fourth-order valence-electron chi connectivity index (χ4n) is 2.80. The van der Waals surface area contributed by atoms with E-state index in [-0.39, 0.29) is 25.2 Å². The number of nitrogens with two attached hydrogens (primary N) is 1. The SMILES string of the molecule is N[C@@H](C(=O)N1COC[C@H]1C(=O)Nc1nc(-c2ccccn2)cs1)c1ccsc1. The van der Waals surface area contributed by atoms with Gasteiger partial charge in [-0.05, 0) is 34.5 Å². The Bertz CT molecular complexity index is 961. The van der Waals surface area contributed by atoms with Crippen molar-refractivity contribution in [1.82, 2.24) is 14.9 Å². The average molecular weight is 416 g/mol. The Balaban J connectivity index is 1.44. The van der Waals surface area contributed by atoms with Crippen molar-refractivity contribution in [3.05, 3.63) is 52.2 Å². The number of rotatable bonds is 5. The minimum absolute atomic E-state index is 0.0335. The zero-order valence-electron chi connectivity index (χ0n) is 14.6. The lowest BCUT2D eigenvalue weighted by molar-refractivity contribution is -0.138. The summed E-state index contributed by atoms with van der Waals surface area (Å²) in [6.45, 7) is 0.151. The highest BCUT2D eigenvalue weighted by Gasteiger charge is 2.37. The molecule has 3 N–H and O–H groups in total. The summed E-state index contributed by atoms with van der Waals surface area (Å²) in [7, 11) is 0. The van der Waals surface area contributed by atoms with Crippen molar-refractivity contribution in [2.24, 2.45) is 5.73 Å².